The van der Waals surface area contributed by atoms with Crippen molar-refractivity contribution in [2.24, 2.45) is 5.92 Å². The highest BCUT2D eigenvalue weighted by molar-refractivity contribution is 5.92. The van der Waals surface area contributed by atoms with Crippen LogP contribution in [0.4, 0.5) is 0 Å². The van der Waals surface area contributed by atoms with Crippen molar-refractivity contribution in [2.45, 2.75) is 38.6 Å². The van der Waals surface area contributed by atoms with Crippen molar-refractivity contribution in [2.75, 3.05) is 13.1 Å². The minimum atomic E-state index is -0.220. The van der Waals surface area contributed by atoms with Gasteiger partial charge in [-0.1, -0.05) is 12.1 Å². The number of likely N-dealkylation sites (tertiary alicyclic amines) is 1. The second kappa shape index (κ2) is 4.92. The summed E-state index contributed by atoms with van der Waals surface area (Å²) in [6, 6.07) is 1.71. The van der Waals surface area contributed by atoms with Gasteiger partial charge < -0.3 is 14.7 Å². The van der Waals surface area contributed by atoms with Crippen LogP contribution in [-0.4, -0.2) is 41.0 Å². The van der Waals surface area contributed by atoms with E-state index in [1.165, 1.54) is 0 Å². The van der Waals surface area contributed by atoms with Crippen molar-refractivity contribution in [1.82, 2.24) is 15.4 Å². The third kappa shape index (κ3) is 2.55. The topological polar surface area (TPSA) is 75.4 Å². The highest BCUT2D eigenvalue weighted by Crippen LogP contribution is 2.40. The number of hydrogen-bond donors (Lipinski definition) is 1. The van der Waals surface area contributed by atoms with Gasteiger partial charge in [0.15, 0.2) is 5.69 Å². The molecule has 0 bridgehead atoms. The molecule has 6 heteroatoms. The van der Waals surface area contributed by atoms with Crippen molar-refractivity contribution in [3.8, 4) is 0 Å². The number of carbonyl (C=O) groups is 2. The Balaban J connectivity index is 1.61. The number of nitrogens with zero attached hydrogens (tertiary/aromatic N) is 2. The maximum absolute atomic E-state index is 12.1. The second-order valence-corrected chi connectivity index (χ2v) is 5.87. The van der Waals surface area contributed by atoms with Gasteiger partial charge in [0.1, 0.15) is 5.76 Å². The molecule has 1 aromatic heterocycles. The first-order chi connectivity index (χ1) is 9.54. The van der Waals surface area contributed by atoms with Gasteiger partial charge in [-0.25, -0.2) is 0 Å². The molecule has 1 N–H and O–H groups in total. The van der Waals surface area contributed by atoms with Crippen molar-refractivity contribution < 1.29 is 14.1 Å². The second-order valence-electron chi connectivity index (χ2n) is 5.87. The minimum absolute atomic E-state index is 0.0209. The Labute approximate surface area is 117 Å². The average molecular weight is 277 g/mol. The van der Waals surface area contributed by atoms with Gasteiger partial charge in [-0.05, 0) is 18.8 Å². The molecule has 1 aliphatic heterocycles. The van der Waals surface area contributed by atoms with Crippen LogP contribution >= 0.6 is 0 Å². The van der Waals surface area contributed by atoms with Crippen molar-refractivity contribution in [3.63, 3.8) is 0 Å². The van der Waals surface area contributed by atoms with E-state index in [-0.39, 0.29) is 23.8 Å². The standard InChI is InChI=1S/C14H19N3O3/c1-8-6-17(9(2)18)7-12(8)15-14(19)11-5-13(20-16-11)10-3-4-10/h5,8,10,12H,3-4,6-7H2,1-2H3,(H,15,19)/t8-,12+/m0/s1. The highest BCUT2D eigenvalue weighted by Gasteiger charge is 2.33. The molecule has 0 unspecified atom stereocenters. The smallest absolute Gasteiger partial charge is 0.273 e. The molecule has 2 aliphatic rings. The SMILES string of the molecule is CC(=O)N1C[C@H](C)[C@H](NC(=O)c2cc(C3CC3)on2)C1. The fraction of sp³-hybridized carbons (Fsp3) is 0.643. The van der Waals surface area contributed by atoms with E-state index in [2.05, 4.69) is 10.5 Å². The first-order valence-electron chi connectivity index (χ1n) is 7.07. The number of hydrogen-bond acceptors (Lipinski definition) is 4. The number of nitrogens with one attached hydrogen (secondary N) is 1. The Morgan fingerprint density at radius 3 is 2.75 bits per heavy atom. The molecule has 3 rings (SSSR count). The summed E-state index contributed by atoms with van der Waals surface area (Å²) >= 11 is 0. The lowest BCUT2D eigenvalue weighted by Gasteiger charge is -2.15. The Kier molecular flexibility index (Phi) is 3.23. The van der Waals surface area contributed by atoms with Gasteiger partial charge in [0, 0.05) is 32.0 Å². The number of rotatable bonds is 3. The zero-order valence-electron chi connectivity index (χ0n) is 11.8. The maximum Gasteiger partial charge on any atom is 0.273 e. The maximum atomic E-state index is 12.1. The molecule has 6 nitrogen and oxygen atoms in total. The molecule has 2 fully saturated rings. The predicted octanol–water partition coefficient (Wildman–Crippen LogP) is 1.15. The Morgan fingerprint density at radius 1 is 1.40 bits per heavy atom. The highest BCUT2D eigenvalue weighted by atomic mass is 16.5. The van der Waals surface area contributed by atoms with Gasteiger partial charge in [0.05, 0.1) is 6.04 Å². The molecule has 1 saturated heterocycles. The van der Waals surface area contributed by atoms with E-state index in [0.29, 0.717) is 24.7 Å². The Hall–Kier alpha value is -1.85. The number of amides is 2. The van der Waals surface area contributed by atoms with E-state index in [0.717, 1.165) is 18.6 Å². The largest absolute Gasteiger partial charge is 0.360 e. The molecule has 2 amide bonds. The van der Waals surface area contributed by atoms with E-state index >= 15 is 0 Å². The van der Waals surface area contributed by atoms with Crippen LogP contribution in [0.25, 0.3) is 0 Å². The molecule has 2 atom stereocenters. The van der Waals surface area contributed by atoms with Crippen LogP contribution in [-0.2, 0) is 4.79 Å². The van der Waals surface area contributed by atoms with Gasteiger partial charge in [-0.2, -0.15) is 0 Å². The van der Waals surface area contributed by atoms with Crippen LogP contribution in [0.15, 0.2) is 10.6 Å². The minimum Gasteiger partial charge on any atom is -0.360 e. The molecule has 1 aliphatic carbocycles. The van der Waals surface area contributed by atoms with Crippen molar-refractivity contribution in [3.05, 3.63) is 17.5 Å². The fourth-order valence-corrected chi connectivity index (χ4v) is 2.61. The summed E-state index contributed by atoms with van der Waals surface area (Å²) in [6.45, 7) is 4.84. The summed E-state index contributed by atoms with van der Waals surface area (Å²) < 4.78 is 5.19. The first-order valence-corrected chi connectivity index (χ1v) is 7.07. The van der Waals surface area contributed by atoms with Crippen LogP contribution in [0, 0.1) is 5.92 Å². The normalized spacial score (nSPS) is 25.8. The van der Waals surface area contributed by atoms with Crippen molar-refractivity contribution >= 4 is 11.8 Å². The van der Waals surface area contributed by atoms with Crippen LogP contribution < -0.4 is 5.32 Å². The van der Waals surface area contributed by atoms with Crippen LogP contribution in [0.2, 0.25) is 0 Å². The monoisotopic (exact) mass is 277 g/mol. The third-order valence-electron chi connectivity index (χ3n) is 4.11. The lowest BCUT2D eigenvalue weighted by Crippen LogP contribution is -2.40. The molecule has 20 heavy (non-hydrogen) atoms. The molecule has 1 saturated carbocycles. The average Bonchev–Trinajstić information content (AvgIpc) is 3.01. The summed E-state index contributed by atoms with van der Waals surface area (Å²) in [4.78, 5) is 25.3. The van der Waals surface area contributed by atoms with Crippen LogP contribution in [0.1, 0.15) is 48.9 Å². The lowest BCUT2D eigenvalue weighted by molar-refractivity contribution is -0.127. The van der Waals surface area contributed by atoms with Crippen LogP contribution in [0.5, 0.6) is 0 Å². The first kappa shape index (κ1) is 13.1. The van der Waals surface area contributed by atoms with E-state index < -0.39 is 0 Å². The van der Waals surface area contributed by atoms with Gasteiger partial charge in [-0.15, -0.1) is 0 Å². The molecule has 0 radical (unpaired) electrons. The quantitative estimate of drug-likeness (QED) is 0.899. The van der Waals surface area contributed by atoms with Gasteiger partial charge in [-0.3, -0.25) is 9.59 Å². The van der Waals surface area contributed by atoms with Gasteiger partial charge in [0.25, 0.3) is 5.91 Å². The summed E-state index contributed by atoms with van der Waals surface area (Å²) in [7, 11) is 0. The van der Waals surface area contributed by atoms with E-state index in [1.54, 1.807) is 17.9 Å². The van der Waals surface area contributed by atoms with Gasteiger partial charge in [0.2, 0.25) is 5.91 Å². The molecule has 1 aromatic rings. The molecule has 0 spiro atoms. The summed E-state index contributed by atoms with van der Waals surface area (Å²) in [6.07, 6.45) is 2.23. The molecule has 0 aromatic carbocycles. The Bertz CT molecular complexity index is 536. The fourth-order valence-electron chi connectivity index (χ4n) is 2.61. The third-order valence-corrected chi connectivity index (χ3v) is 4.11. The zero-order valence-corrected chi connectivity index (χ0v) is 11.8. The molecule has 2 heterocycles. The molecule has 108 valence electrons. The summed E-state index contributed by atoms with van der Waals surface area (Å²) in [5, 5.41) is 6.78. The van der Waals surface area contributed by atoms with E-state index in [9.17, 15) is 9.59 Å². The van der Waals surface area contributed by atoms with Gasteiger partial charge >= 0.3 is 0 Å². The summed E-state index contributed by atoms with van der Waals surface area (Å²) in [5.41, 5.74) is 0.334. The van der Waals surface area contributed by atoms with Crippen molar-refractivity contribution in [1.29, 1.82) is 0 Å². The van der Waals surface area contributed by atoms with Crippen LogP contribution in [0.3, 0.4) is 0 Å². The molecular formula is C14H19N3O3. The van der Waals surface area contributed by atoms with E-state index in [1.807, 2.05) is 6.92 Å². The summed E-state index contributed by atoms with van der Waals surface area (Å²) in [5.74, 6) is 1.33. The number of aromatic nitrogens is 1. The zero-order chi connectivity index (χ0) is 14.3. The Morgan fingerprint density at radius 2 is 2.15 bits per heavy atom. The number of carbonyl (C=O) groups excluding carboxylic acids is 2. The lowest BCUT2D eigenvalue weighted by atomic mass is 10.1. The molecular weight excluding hydrogens is 258 g/mol. The van der Waals surface area contributed by atoms with E-state index in [4.69, 9.17) is 4.52 Å². The predicted molar refractivity (Wildman–Crippen MR) is 71.2 cm³/mol.